The first-order valence-electron chi connectivity index (χ1n) is 4.75. The lowest BCUT2D eigenvalue weighted by Gasteiger charge is -2.12. The fourth-order valence-corrected chi connectivity index (χ4v) is 1.13. The summed E-state index contributed by atoms with van der Waals surface area (Å²) >= 11 is 0. The molecule has 4 nitrogen and oxygen atoms in total. The molecule has 0 bridgehead atoms. The highest BCUT2D eigenvalue weighted by atomic mass is 16.5. The molecule has 0 aliphatic heterocycles. The Bertz CT molecular complexity index is 349. The Labute approximate surface area is 88.7 Å². The van der Waals surface area contributed by atoms with Crippen molar-refractivity contribution in [3.63, 3.8) is 0 Å². The van der Waals surface area contributed by atoms with E-state index in [-0.39, 0.29) is 6.04 Å². The highest BCUT2D eigenvalue weighted by Crippen LogP contribution is 2.18. The number of hydrogen-bond donors (Lipinski definition) is 2. The number of carboxylic acid groups (broad SMARTS) is 1. The molecule has 82 valence electrons. The van der Waals surface area contributed by atoms with Gasteiger partial charge in [-0.05, 0) is 31.5 Å². The van der Waals surface area contributed by atoms with Crippen LogP contribution in [0.15, 0.2) is 24.3 Å². The second kappa shape index (κ2) is 4.79. The standard InChI is InChI=1S/C11H15NO3/c1-7(12)9-4-3-5-10(6-9)15-8(2)11(13)14/h3-8H,12H2,1-2H3,(H,13,14)/t7-,8?/m0/s1. The van der Waals surface area contributed by atoms with Crippen molar-refractivity contribution in [3.8, 4) is 5.75 Å². The molecule has 4 heteroatoms. The topological polar surface area (TPSA) is 72.5 Å². The first-order valence-corrected chi connectivity index (χ1v) is 4.75. The number of nitrogens with two attached hydrogens (primary N) is 1. The molecule has 0 amide bonds. The van der Waals surface area contributed by atoms with Crippen LogP contribution in [0.5, 0.6) is 5.75 Å². The van der Waals surface area contributed by atoms with Gasteiger partial charge in [-0.1, -0.05) is 12.1 Å². The van der Waals surface area contributed by atoms with E-state index in [1.54, 1.807) is 18.2 Å². The van der Waals surface area contributed by atoms with Crippen LogP contribution in [0.4, 0.5) is 0 Å². The van der Waals surface area contributed by atoms with E-state index in [2.05, 4.69) is 0 Å². The van der Waals surface area contributed by atoms with Gasteiger partial charge in [-0.2, -0.15) is 0 Å². The van der Waals surface area contributed by atoms with Crippen molar-refractivity contribution in [2.45, 2.75) is 26.0 Å². The fourth-order valence-electron chi connectivity index (χ4n) is 1.13. The molecule has 0 aromatic heterocycles. The van der Waals surface area contributed by atoms with E-state index in [0.29, 0.717) is 5.75 Å². The quantitative estimate of drug-likeness (QED) is 0.789. The van der Waals surface area contributed by atoms with Crippen molar-refractivity contribution < 1.29 is 14.6 Å². The number of carbonyl (C=O) groups is 1. The zero-order valence-corrected chi connectivity index (χ0v) is 8.81. The third-order valence-electron chi connectivity index (χ3n) is 2.04. The van der Waals surface area contributed by atoms with E-state index in [9.17, 15) is 4.79 Å². The summed E-state index contributed by atoms with van der Waals surface area (Å²) in [7, 11) is 0. The molecule has 0 radical (unpaired) electrons. The molecule has 0 saturated carbocycles. The Kier molecular flexibility index (Phi) is 3.68. The average Bonchev–Trinajstić information content (AvgIpc) is 2.18. The van der Waals surface area contributed by atoms with Crippen LogP contribution >= 0.6 is 0 Å². The van der Waals surface area contributed by atoms with E-state index in [1.165, 1.54) is 6.92 Å². The van der Waals surface area contributed by atoms with Crippen LogP contribution in [0.3, 0.4) is 0 Å². The largest absolute Gasteiger partial charge is 0.479 e. The lowest BCUT2D eigenvalue weighted by molar-refractivity contribution is -0.144. The van der Waals surface area contributed by atoms with Crippen molar-refractivity contribution in [1.29, 1.82) is 0 Å². The minimum Gasteiger partial charge on any atom is -0.479 e. The van der Waals surface area contributed by atoms with Gasteiger partial charge in [-0.3, -0.25) is 0 Å². The highest BCUT2D eigenvalue weighted by Gasteiger charge is 2.12. The van der Waals surface area contributed by atoms with Crippen LogP contribution in [0.25, 0.3) is 0 Å². The van der Waals surface area contributed by atoms with Gasteiger partial charge in [0.05, 0.1) is 0 Å². The summed E-state index contributed by atoms with van der Waals surface area (Å²) < 4.78 is 5.21. The Morgan fingerprint density at radius 1 is 1.47 bits per heavy atom. The van der Waals surface area contributed by atoms with E-state index in [4.69, 9.17) is 15.6 Å². The van der Waals surface area contributed by atoms with E-state index in [0.717, 1.165) is 5.56 Å². The summed E-state index contributed by atoms with van der Waals surface area (Å²) in [6.07, 6.45) is -0.853. The number of hydrogen-bond acceptors (Lipinski definition) is 3. The van der Waals surface area contributed by atoms with Crippen molar-refractivity contribution >= 4 is 5.97 Å². The Morgan fingerprint density at radius 3 is 2.67 bits per heavy atom. The number of benzene rings is 1. The Hall–Kier alpha value is -1.55. The van der Waals surface area contributed by atoms with Crippen LogP contribution < -0.4 is 10.5 Å². The molecule has 0 heterocycles. The third kappa shape index (κ3) is 3.25. The van der Waals surface area contributed by atoms with Crippen molar-refractivity contribution in [3.05, 3.63) is 29.8 Å². The molecule has 1 aromatic rings. The molecule has 1 rings (SSSR count). The molecule has 1 aromatic carbocycles. The molecular weight excluding hydrogens is 194 g/mol. The highest BCUT2D eigenvalue weighted by molar-refractivity contribution is 5.72. The molecule has 0 aliphatic carbocycles. The maximum atomic E-state index is 10.6. The molecule has 0 fully saturated rings. The molecule has 0 aliphatic rings. The predicted octanol–water partition coefficient (Wildman–Crippen LogP) is 1.56. The van der Waals surface area contributed by atoms with Gasteiger partial charge >= 0.3 is 5.97 Å². The monoisotopic (exact) mass is 209 g/mol. The average molecular weight is 209 g/mol. The summed E-state index contributed by atoms with van der Waals surface area (Å²) in [6.45, 7) is 3.35. The maximum Gasteiger partial charge on any atom is 0.344 e. The smallest absolute Gasteiger partial charge is 0.344 e. The van der Waals surface area contributed by atoms with Crippen LogP contribution in [-0.4, -0.2) is 17.2 Å². The molecular formula is C11H15NO3. The third-order valence-corrected chi connectivity index (χ3v) is 2.04. The van der Waals surface area contributed by atoms with Crippen molar-refractivity contribution in [2.24, 2.45) is 5.73 Å². The lowest BCUT2D eigenvalue weighted by Crippen LogP contribution is -2.22. The van der Waals surface area contributed by atoms with Gasteiger partial charge in [-0.15, -0.1) is 0 Å². The van der Waals surface area contributed by atoms with Gasteiger partial charge in [0, 0.05) is 6.04 Å². The Balaban J connectivity index is 2.78. The predicted molar refractivity (Wildman–Crippen MR) is 56.8 cm³/mol. The number of carboxylic acids is 1. The molecule has 0 saturated heterocycles. The minimum atomic E-state index is -0.985. The van der Waals surface area contributed by atoms with E-state index >= 15 is 0 Å². The van der Waals surface area contributed by atoms with Crippen molar-refractivity contribution in [2.75, 3.05) is 0 Å². The molecule has 15 heavy (non-hydrogen) atoms. The van der Waals surface area contributed by atoms with E-state index in [1.807, 2.05) is 13.0 Å². The van der Waals surface area contributed by atoms with E-state index < -0.39 is 12.1 Å². The van der Waals surface area contributed by atoms with Crippen LogP contribution in [0, 0.1) is 0 Å². The maximum absolute atomic E-state index is 10.6. The van der Waals surface area contributed by atoms with Crippen molar-refractivity contribution in [1.82, 2.24) is 0 Å². The van der Waals surface area contributed by atoms with Gasteiger partial charge in [0.25, 0.3) is 0 Å². The normalized spacial score (nSPS) is 14.3. The van der Waals surface area contributed by atoms with Gasteiger partial charge in [-0.25, -0.2) is 4.79 Å². The first-order chi connectivity index (χ1) is 7.00. The van der Waals surface area contributed by atoms with Gasteiger partial charge in [0.2, 0.25) is 0 Å². The lowest BCUT2D eigenvalue weighted by atomic mass is 10.1. The van der Waals surface area contributed by atoms with Crippen LogP contribution in [-0.2, 0) is 4.79 Å². The summed E-state index contributed by atoms with van der Waals surface area (Å²) in [5.41, 5.74) is 6.62. The summed E-state index contributed by atoms with van der Waals surface area (Å²) in [6, 6.07) is 7.05. The first kappa shape index (κ1) is 11.5. The zero-order chi connectivity index (χ0) is 11.4. The minimum absolute atomic E-state index is 0.0892. The van der Waals surface area contributed by atoms with Gasteiger partial charge in [0.15, 0.2) is 6.10 Å². The van der Waals surface area contributed by atoms with Gasteiger partial charge < -0.3 is 15.6 Å². The summed E-state index contributed by atoms with van der Waals surface area (Å²) in [5.74, 6) is -0.457. The number of aliphatic carboxylic acids is 1. The summed E-state index contributed by atoms with van der Waals surface area (Å²) in [5, 5.41) is 8.67. The molecule has 2 atom stereocenters. The number of rotatable bonds is 4. The molecule has 1 unspecified atom stereocenters. The van der Waals surface area contributed by atoms with Crippen LogP contribution in [0.1, 0.15) is 25.5 Å². The number of ether oxygens (including phenoxy) is 1. The SMILES string of the molecule is CC(Oc1cccc([C@H](C)N)c1)C(=O)O. The van der Waals surface area contributed by atoms with Gasteiger partial charge in [0.1, 0.15) is 5.75 Å². The fraction of sp³-hybridized carbons (Fsp3) is 0.364. The second-order valence-corrected chi connectivity index (χ2v) is 3.46. The summed E-state index contributed by atoms with van der Waals surface area (Å²) in [4.78, 5) is 10.6. The van der Waals surface area contributed by atoms with Crippen LogP contribution in [0.2, 0.25) is 0 Å². The second-order valence-electron chi connectivity index (χ2n) is 3.46. The Morgan fingerprint density at radius 2 is 2.13 bits per heavy atom. The molecule has 3 N–H and O–H groups in total. The molecule has 0 spiro atoms. The zero-order valence-electron chi connectivity index (χ0n) is 8.81.